The zero-order valence-corrected chi connectivity index (χ0v) is 12.4. The van der Waals surface area contributed by atoms with Crippen molar-refractivity contribution < 1.29 is 8.42 Å². The largest absolute Gasteiger partial charge is 0.306 e. The Balaban J connectivity index is 2.03. The van der Waals surface area contributed by atoms with Crippen molar-refractivity contribution in [1.82, 2.24) is 9.21 Å². The van der Waals surface area contributed by atoms with Gasteiger partial charge in [-0.1, -0.05) is 30.3 Å². The first-order valence-electron chi connectivity index (χ1n) is 6.67. The molecule has 1 aliphatic rings. The first kappa shape index (κ1) is 14.5. The van der Waals surface area contributed by atoms with Crippen molar-refractivity contribution in [1.29, 1.82) is 0 Å². The maximum atomic E-state index is 12.4. The Morgan fingerprint density at radius 1 is 1.21 bits per heavy atom. The van der Waals surface area contributed by atoms with E-state index in [1.165, 1.54) is 0 Å². The van der Waals surface area contributed by atoms with Gasteiger partial charge in [0.2, 0.25) is 10.0 Å². The summed E-state index contributed by atoms with van der Waals surface area (Å²) < 4.78 is 26.4. The van der Waals surface area contributed by atoms with Gasteiger partial charge >= 0.3 is 0 Å². The molecule has 0 bridgehead atoms. The first-order chi connectivity index (χ1) is 8.99. The average molecular weight is 282 g/mol. The lowest BCUT2D eigenvalue weighted by atomic mass is 10.1. The molecule has 2 rings (SSSR count). The van der Waals surface area contributed by atoms with Crippen LogP contribution in [0.4, 0.5) is 0 Å². The van der Waals surface area contributed by atoms with Gasteiger partial charge in [-0.25, -0.2) is 12.7 Å². The van der Waals surface area contributed by atoms with E-state index in [1.54, 1.807) is 11.4 Å². The number of rotatable bonds is 4. The molecule has 0 aromatic heterocycles. The van der Waals surface area contributed by atoms with E-state index in [0.717, 1.165) is 31.5 Å². The Bertz CT molecular complexity index is 493. The smallest absolute Gasteiger partial charge is 0.218 e. The summed E-state index contributed by atoms with van der Waals surface area (Å²) in [6, 6.07) is 9.52. The Morgan fingerprint density at radius 2 is 1.79 bits per heavy atom. The van der Waals surface area contributed by atoms with Crippen LogP contribution in [0.2, 0.25) is 0 Å². The zero-order chi connectivity index (χ0) is 13.9. The summed E-state index contributed by atoms with van der Waals surface area (Å²) >= 11 is 0. The normalized spacial score (nSPS) is 18.9. The summed E-state index contributed by atoms with van der Waals surface area (Å²) in [5.74, 6) is 0.0939. The van der Waals surface area contributed by atoms with E-state index in [4.69, 9.17) is 0 Å². The third-order valence-corrected chi connectivity index (χ3v) is 5.71. The SMILES string of the molecule is CN1CCC(N(C)S(=O)(=O)Cc2ccccc2)CC1. The van der Waals surface area contributed by atoms with Gasteiger partial charge in [0, 0.05) is 13.1 Å². The molecule has 0 N–H and O–H groups in total. The number of sulfonamides is 1. The Morgan fingerprint density at radius 3 is 2.37 bits per heavy atom. The molecule has 0 atom stereocenters. The van der Waals surface area contributed by atoms with Crippen molar-refractivity contribution in [2.45, 2.75) is 24.6 Å². The van der Waals surface area contributed by atoms with E-state index >= 15 is 0 Å². The van der Waals surface area contributed by atoms with Gasteiger partial charge < -0.3 is 4.90 Å². The van der Waals surface area contributed by atoms with Gasteiger partial charge in [0.15, 0.2) is 0 Å². The molecular formula is C14H22N2O2S. The van der Waals surface area contributed by atoms with Crippen LogP contribution in [0.3, 0.4) is 0 Å². The summed E-state index contributed by atoms with van der Waals surface area (Å²) in [4.78, 5) is 2.24. The maximum absolute atomic E-state index is 12.4. The van der Waals surface area contributed by atoms with Gasteiger partial charge in [-0.05, 0) is 38.5 Å². The Labute approximate surface area is 116 Å². The molecule has 0 spiro atoms. The summed E-state index contributed by atoms with van der Waals surface area (Å²) in [6.07, 6.45) is 1.84. The molecule has 1 aromatic carbocycles. The van der Waals surface area contributed by atoms with E-state index in [9.17, 15) is 8.42 Å². The van der Waals surface area contributed by atoms with Crippen molar-refractivity contribution >= 4 is 10.0 Å². The van der Waals surface area contributed by atoms with Crippen molar-refractivity contribution in [3.05, 3.63) is 35.9 Å². The third-order valence-electron chi connectivity index (χ3n) is 3.83. The van der Waals surface area contributed by atoms with Crippen LogP contribution in [0, 0.1) is 0 Å². The van der Waals surface area contributed by atoms with E-state index in [2.05, 4.69) is 11.9 Å². The molecular weight excluding hydrogens is 260 g/mol. The highest BCUT2D eigenvalue weighted by molar-refractivity contribution is 7.88. The second-order valence-electron chi connectivity index (χ2n) is 5.29. The molecule has 0 unspecified atom stereocenters. The predicted molar refractivity (Wildman–Crippen MR) is 77.3 cm³/mol. The van der Waals surface area contributed by atoms with Crippen molar-refractivity contribution in [3.63, 3.8) is 0 Å². The second kappa shape index (κ2) is 6.03. The Hall–Kier alpha value is -0.910. The highest BCUT2D eigenvalue weighted by Gasteiger charge is 2.28. The van der Waals surface area contributed by atoms with Crippen molar-refractivity contribution in [3.8, 4) is 0 Å². The highest BCUT2D eigenvalue weighted by atomic mass is 32.2. The van der Waals surface area contributed by atoms with Gasteiger partial charge in [0.25, 0.3) is 0 Å². The lowest BCUT2D eigenvalue weighted by Gasteiger charge is -2.34. The fraction of sp³-hybridized carbons (Fsp3) is 0.571. The number of hydrogen-bond donors (Lipinski definition) is 0. The molecule has 0 saturated carbocycles. The van der Waals surface area contributed by atoms with Gasteiger partial charge in [-0.2, -0.15) is 0 Å². The van der Waals surface area contributed by atoms with Crippen LogP contribution >= 0.6 is 0 Å². The molecule has 1 saturated heterocycles. The molecule has 5 heteroatoms. The highest BCUT2D eigenvalue weighted by Crippen LogP contribution is 2.19. The summed E-state index contributed by atoms with van der Waals surface area (Å²) in [5, 5.41) is 0. The van der Waals surface area contributed by atoms with Gasteiger partial charge in [0.05, 0.1) is 5.75 Å². The molecule has 1 aromatic rings. The predicted octanol–water partition coefficient (Wildman–Crippen LogP) is 1.54. The van der Waals surface area contributed by atoms with Crippen LogP contribution < -0.4 is 0 Å². The van der Waals surface area contributed by atoms with Crippen LogP contribution in [-0.2, 0) is 15.8 Å². The molecule has 1 heterocycles. The fourth-order valence-electron chi connectivity index (χ4n) is 2.47. The third kappa shape index (κ3) is 3.78. The average Bonchev–Trinajstić information content (AvgIpc) is 2.39. The molecule has 1 fully saturated rings. The standard InChI is InChI=1S/C14H22N2O2S/c1-15-10-8-14(9-11-15)16(2)19(17,18)12-13-6-4-3-5-7-13/h3-7,14H,8-12H2,1-2H3. The van der Waals surface area contributed by atoms with E-state index in [1.807, 2.05) is 30.3 Å². The minimum absolute atomic E-state index is 0.0939. The van der Waals surface area contributed by atoms with Crippen molar-refractivity contribution in [2.24, 2.45) is 0 Å². The van der Waals surface area contributed by atoms with Gasteiger partial charge in [-0.3, -0.25) is 0 Å². The van der Waals surface area contributed by atoms with E-state index < -0.39 is 10.0 Å². The lowest BCUT2D eigenvalue weighted by molar-refractivity contribution is 0.197. The number of nitrogens with zero attached hydrogens (tertiary/aromatic N) is 2. The van der Waals surface area contributed by atoms with Gasteiger partial charge in [0.1, 0.15) is 0 Å². The molecule has 0 amide bonds. The summed E-state index contributed by atoms with van der Waals surface area (Å²) in [7, 11) is 0.579. The quantitative estimate of drug-likeness (QED) is 0.841. The van der Waals surface area contributed by atoms with Gasteiger partial charge in [-0.15, -0.1) is 0 Å². The number of benzene rings is 1. The van der Waals surface area contributed by atoms with Crippen LogP contribution in [0.15, 0.2) is 30.3 Å². The molecule has 19 heavy (non-hydrogen) atoms. The maximum Gasteiger partial charge on any atom is 0.218 e. The molecule has 106 valence electrons. The Kier molecular flexibility index (Phi) is 4.60. The van der Waals surface area contributed by atoms with E-state index in [0.29, 0.717) is 0 Å². The number of piperidine rings is 1. The minimum Gasteiger partial charge on any atom is -0.306 e. The monoisotopic (exact) mass is 282 g/mol. The minimum atomic E-state index is -3.22. The fourth-order valence-corrected chi connectivity index (χ4v) is 3.95. The number of hydrogen-bond acceptors (Lipinski definition) is 3. The summed E-state index contributed by atoms with van der Waals surface area (Å²) in [6.45, 7) is 1.94. The molecule has 1 aliphatic heterocycles. The summed E-state index contributed by atoms with van der Waals surface area (Å²) in [5.41, 5.74) is 0.849. The van der Waals surface area contributed by atoms with Crippen LogP contribution in [0.5, 0.6) is 0 Å². The van der Waals surface area contributed by atoms with Crippen LogP contribution in [0.25, 0.3) is 0 Å². The van der Waals surface area contributed by atoms with Crippen LogP contribution in [0.1, 0.15) is 18.4 Å². The first-order valence-corrected chi connectivity index (χ1v) is 8.28. The second-order valence-corrected chi connectivity index (χ2v) is 7.32. The van der Waals surface area contributed by atoms with Crippen molar-refractivity contribution in [2.75, 3.05) is 27.2 Å². The zero-order valence-electron chi connectivity index (χ0n) is 11.6. The van der Waals surface area contributed by atoms with Crippen LogP contribution in [-0.4, -0.2) is 50.8 Å². The van der Waals surface area contributed by atoms with E-state index in [-0.39, 0.29) is 11.8 Å². The molecule has 0 radical (unpaired) electrons. The lowest BCUT2D eigenvalue weighted by Crippen LogP contribution is -2.44. The molecule has 4 nitrogen and oxygen atoms in total. The topological polar surface area (TPSA) is 40.6 Å². The molecule has 0 aliphatic carbocycles. The number of likely N-dealkylation sites (tertiary alicyclic amines) is 1.